The van der Waals surface area contributed by atoms with E-state index in [4.69, 9.17) is 0 Å². The molecule has 0 heterocycles. The number of rotatable bonds is 2. The maximum atomic E-state index is 9.87. The van der Waals surface area contributed by atoms with Crippen LogP contribution in [0.1, 0.15) is 19.8 Å². The minimum atomic E-state index is -0.652. The van der Waals surface area contributed by atoms with Crippen molar-refractivity contribution in [2.45, 2.75) is 31.4 Å². The van der Waals surface area contributed by atoms with Crippen LogP contribution in [-0.2, 0) is 4.79 Å². The van der Waals surface area contributed by atoms with Crippen LogP contribution in [0.2, 0.25) is 0 Å². The summed E-state index contributed by atoms with van der Waals surface area (Å²) >= 11 is 0. The van der Waals surface area contributed by atoms with E-state index >= 15 is 0 Å². The molecule has 0 aromatic heterocycles. The van der Waals surface area contributed by atoms with Crippen molar-refractivity contribution in [2.24, 2.45) is 0 Å². The summed E-state index contributed by atoms with van der Waals surface area (Å²) in [4.78, 5) is 9.87. The predicted molar refractivity (Wildman–Crippen MR) is 32.8 cm³/mol. The Balaban J connectivity index is 2.36. The molecular weight excluding hydrogens is 118 g/mol. The number of carbonyl (C=O) groups is 1. The third-order valence-corrected chi connectivity index (χ3v) is 1.96. The smallest absolute Gasteiger partial charge is 0.207 e. The first-order valence-electron chi connectivity index (χ1n) is 3.09. The molecule has 1 amide bonds. The van der Waals surface area contributed by atoms with Gasteiger partial charge in [-0.3, -0.25) is 4.79 Å². The van der Waals surface area contributed by atoms with Crippen molar-refractivity contribution in [3.63, 3.8) is 0 Å². The van der Waals surface area contributed by atoms with Crippen molar-refractivity contribution in [2.75, 3.05) is 0 Å². The Kier molecular flexibility index (Phi) is 1.45. The first kappa shape index (κ1) is 6.55. The summed E-state index contributed by atoms with van der Waals surface area (Å²) in [6, 6.07) is -0.0185. The van der Waals surface area contributed by atoms with Gasteiger partial charge < -0.3 is 10.4 Å². The Bertz CT molecular complexity index is 122. The molecule has 9 heavy (non-hydrogen) atoms. The molecule has 0 aromatic rings. The van der Waals surface area contributed by atoms with Gasteiger partial charge in [0.2, 0.25) is 6.41 Å². The fourth-order valence-electron chi connectivity index (χ4n) is 1.05. The molecule has 3 heteroatoms. The number of carbonyl (C=O) groups excluding carboxylic acids is 1. The van der Waals surface area contributed by atoms with Gasteiger partial charge in [-0.15, -0.1) is 0 Å². The average Bonchev–Trinajstić information content (AvgIpc) is 1.81. The van der Waals surface area contributed by atoms with E-state index in [9.17, 15) is 9.90 Å². The average molecular weight is 129 g/mol. The summed E-state index contributed by atoms with van der Waals surface area (Å²) in [5, 5.41) is 11.8. The Labute approximate surface area is 54.1 Å². The fourth-order valence-corrected chi connectivity index (χ4v) is 1.05. The summed E-state index contributed by atoms with van der Waals surface area (Å²) < 4.78 is 0. The maximum Gasteiger partial charge on any atom is 0.207 e. The topological polar surface area (TPSA) is 49.3 Å². The first-order valence-corrected chi connectivity index (χ1v) is 3.09. The normalized spacial score (nSPS) is 41.3. The molecule has 0 spiro atoms. The van der Waals surface area contributed by atoms with E-state index in [-0.39, 0.29) is 6.04 Å². The van der Waals surface area contributed by atoms with Crippen molar-refractivity contribution in [3.8, 4) is 0 Å². The first-order chi connectivity index (χ1) is 4.17. The molecule has 2 atom stereocenters. The number of aliphatic hydroxyl groups is 1. The monoisotopic (exact) mass is 129 g/mol. The van der Waals surface area contributed by atoms with Crippen LogP contribution in [-0.4, -0.2) is 23.2 Å². The molecule has 1 aliphatic rings. The maximum absolute atomic E-state index is 9.87. The second-order valence-corrected chi connectivity index (χ2v) is 2.73. The lowest BCUT2D eigenvalue weighted by Gasteiger charge is -2.42. The van der Waals surface area contributed by atoms with Gasteiger partial charge in [-0.25, -0.2) is 0 Å². The van der Waals surface area contributed by atoms with E-state index in [0.29, 0.717) is 6.41 Å². The summed E-state index contributed by atoms with van der Waals surface area (Å²) in [5.41, 5.74) is -0.652. The Morgan fingerprint density at radius 1 is 1.89 bits per heavy atom. The van der Waals surface area contributed by atoms with Crippen molar-refractivity contribution >= 4 is 6.41 Å². The zero-order valence-corrected chi connectivity index (χ0v) is 5.42. The number of hydrogen-bond acceptors (Lipinski definition) is 2. The van der Waals surface area contributed by atoms with Crippen LogP contribution < -0.4 is 5.32 Å². The van der Waals surface area contributed by atoms with Crippen molar-refractivity contribution in [3.05, 3.63) is 0 Å². The highest BCUT2D eigenvalue weighted by Gasteiger charge is 2.40. The molecular formula is C6H11NO2. The van der Waals surface area contributed by atoms with Crippen LogP contribution in [0.4, 0.5) is 0 Å². The van der Waals surface area contributed by atoms with Crippen molar-refractivity contribution < 1.29 is 9.90 Å². The van der Waals surface area contributed by atoms with Crippen LogP contribution in [0.5, 0.6) is 0 Å². The second kappa shape index (κ2) is 1.99. The summed E-state index contributed by atoms with van der Waals surface area (Å²) in [5.74, 6) is 0. The fraction of sp³-hybridized carbons (Fsp3) is 0.833. The van der Waals surface area contributed by atoms with Crippen LogP contribution in [0.15, 0.2) is 0 Å². The molecule has 2 N–H and O–H groups in total. The quantitative estimate of drug-likeness (QED) is 0.500. The van der Waals surface area contributed by atoms with Gasteiger partial charge in [-0.2, -0.15) is 0 Å². The van der Waals surface area contributed by atoms with E-state index in [1.165, 1.54) is 0 Å². The third-order valence-electron chi connectivity index (χ3n) is 1.96. The van der Waals surface area contributed by atoms with Crippen molar-refractivity contribution in [1.29, 1.82) is 0 Å². The number of amides is 1. The van der Waals surface area contributed by atoms with E-state index in [1.54, 1.807) is 6.92 Å². The van der Waals surface area contributed by atoms with Crippen LogP contribution in [0.25, 0.3) is 0 Å². The largest absolute Gasteiger partial charge is 0.388 e. The molecule has 0 aliphatic heterocycles. The van der Waals surface area contributed by atoms with Gasteiger partial charge in [0.1, 0.15) is 0 Å². The van der Waals surface area contributed by atoms with Gasteiger partial charge in [0.25, 0.3) is 0 Å². The Morgan fingerprint density at radius 3 is 2.67 bits per heavy atom. The minimum absolute atomic E-state index is 0.0185. The standard InChI is InChI=1S/C6H11NO2/c1-6(9)3-2-5(6)7-4-8/h4-5,9H,2-3H2,1H3,(H,7,8)/t5-,6+/m1/s1. The molecule has 1 fully saturated rings. The van der Waals surface area contributed by atoms with E-state index in [2.05, 4.69) is 5.32 Å². The summed E-state index contributed by atoms with van der Waals surface area (Å²) in [6.45, 7) is 1.73. The third kappa shape index (κ3) is 1.05. The molecule has 0 aromatic carbocycles. The lowest BCUT2D eigenvalue weighted by atomic mass is 9.76. The minimum Gasteiger partial charge on any atom is -0.388 e. The van der Waals surface area contributed by atoms with Gasteiger partial charge in [0.05, 0.1) is 11.6 Å². The summed E-state index contributed by atoms with van der Waals surface area (Å²) in [7, 11) is 0. The molecule has 0 bridgehead atoms. The molecule has 1 saturated carbocycles. The molecule has 0 saturated heterocycles. The summed E-state index contributed by atoms with van der Waals surface area (Å²) in [6.07, 6.45) is 2.32. The zero-order chi connectivity index (χ0) is 6.91. The van der Waals surface area contributed by atoms with Gasteiger partial charge in [-0.05, 0) is 19.8 Å². The predicted octanol–water partition coefficient (Wildman–Crippen LogP) is -0.354. The van der Waals surface area contributed by atoms with Gasteiger partial charge in [0.15, 0.2) is 0 Å². The SMILES string of the molecule is C[C@]1(O)CC[C@H]1NC=O. The number of nitrogens with one attached hydrogen (secondary N) is 1. The Morgan fingerprint density at radius 2 is 2.56 bits per heavy atom. The lowest BCUT2D eigenvalue weighted by molar-refractivity contribution is -0.116. The van der Waals surface area contributed by atoms with Gasteiger partial charge >= 0.3 is 0 Å². The molecule has 1 rings (SSSR count). The zero-order valence-electron chi connectivity index (χ0n) is 5.42. The van der Waals surface area contributed by atoms with Crippen LogP contribution in [0, 0.1) is 0 Å². The van der Waals surface area contributed by atoms with Crippen LogP contribution in [0.3, 0.4) is 0 Å². The van der Waals surface area contributed by atoms with E-state index in [0.717, 1.165) is 12.8 Å². The van der Waals surface area contributed by atoms with E-state index < -0.39 is 5.60 Å². The molecule has 1 aliphatic carbocycles. The second-order valence-electron chi connectivity index (χ2n) is 2.73. The van der Waals surface area contributed by atoms with Gasteiger partial charge in [0, 0.05) is 0 Å². The Hall–Kier alpha value is -0.570. The molecule has 3 nitrogen and oxygen atoms in total. The molecule has 0 unspecified atom stereocenters. The highest BCUT2D eigenvalue weighted by atomic mass is 16.3. The van der Waals surface area contributed by atoms with Gasteiger partial charge in [-0.1, -0.05) is 0 Å². The highest BCUT2D eigenvalue weighted by Crippen LogP contribution is 2.30. The van der Waals surface area contributed by atoms with E-state index in [1.807, 2.05) is 0 Å². The highest BCUT2D eigenvalue weighted by molar-refractivity contribution is 5.47. The van der Waals surface area contributed by atoms with Crippen LogP contribution >= 0.6 is 0 Å². The molecule has 0 radical (unpaired) electrons. The van der Waals surface area contributed by atoms with Crippen molar-refractivity contribution in [1.82, 2.24) is 5.32 Å². The molecule has 52 valence electrons. The number of hydrogen-bond donors (Lipinski definition) is 2. The lowest BCUT2D eigenvalue weighted by Crippen LogP contribution is -2.56.